The van der Waals surface area contributed by atoms with Crippen LogP contribution in [-0.2, 0) is 15.6 Å². The first-order valence-corrected chi connectivity index (χ1v) is 10.4. The van der Waals surface area contributed by atoms with Gasteiger partial charge in [0, 0.05) is 54.0 Å². The molecule has 3 N–H and O–H groups in total. The Balaban J connectivity index is 2.44. The molecule has 1 aliphatic heterocycles. The van der Waals surface area contributed by atoms with Crippen LogP contribution in [0.1, 0.15) is 40.5 Å². The second-order valence-electron chi connectivity index (χ2n) is 7.29. The summed E-state index contributed by atoms with van der Waals surface area (Å²) in [6.07, 6.45) is 1.96. The molecular weight excluding hydrogens is 338 g/mol. The highest BCUT2D eigenvalue weighted by Crippen LogP contribution is 2.11. The molecule has 1 heterocycles. The van der Waals surface area contributed by atoms with E-state index in [0.29, 0.717) is 24.9 Å². The number of nitrogens with zero attached hydrogens (tertiary/aromatic N) is 2. The van der Waals surface area contributed by atoms with Crippen LogP contribution < -0.4 is 16.0 Å². The first kappa shape index (κ1) is 21.9. The Hall–Kier alpha value is -1.15. The summed E-state index contributed by atoms with van der Waals surface area (Å²) in [6, 6.07) is 0.354. The van der Waals surface area contributed by atoms with Gasteiger partial charge in [0.15, 0.2) is 5.96 Å². The molecule has 7 nitrogen and oxygen atoms in total. The predicted molar refractivity (Wildman–Crippen MR) is 105 cm³/mol. The third-order valence-corrected chi connectivity index (χ3v) is 6.07. The van der Waals surface area contributed by atoms with Gasteiger partial charge < -0.3 is 16.0 Å². The number of hydrogen-bond donors (Lipinski definition) is 3. The molecule has 1 saturated heterocycles. The van der Waals surface area contributed by atoms with E-state index in [9.17, 15) is 9.00 Å². The number of likely N-dealkylation sites (tertiary alicyclic amines) is 1. The molecule has 0 saturated carbocycles. The zero-order valence-electron chi connectivity index (χ0n) is 16.4. The summed E-state index contributed by atoms with van der Waals surface area (Å²) in [5, 5.41) is 9.39. The van der Waals surface area contributed by atoms with Gasteiger partial charge in [-0.05, 0) is 40.5 Å². The molecule has 25 heavy (non-hydrogen) atoms. The highest BCUT2D eigenvalue weighted by Gasteiger charge is 2.21. The van der Waals surface area contributed by atoms with Crippen molar-refractivity contribution < 1.29 is 9.00 Å². The van der Waals surface area contributed by atoms with E-state index >= 15 is 0 Å². The summed E-state index contributed by atoms with van der Waals surface area (Å²) >= 11 is 0. The van der Waals surface area contributed by atoms with Gasteiger partial charge in [-0.1, -0.05) is 0 Å². The standard InChI is InChI=1S/C17H35N5O2S/c1-6-19-16(20-9-12-25(24)17(2,3)4)21-14-7-10-22(11-8-14)13-15(23)18-5/h14H,6-13H2,1-5H3,(H,18,23)(H2,19,20,21). The molecule has 0 aromatic carbocycles. The maximum absolute atomic E-state index is 12.1. The fourth-order valence-electron chi connectivity index (χ4n) is 2.58. The third-order valence-electron chi connectivity index (χ3n) is 4.15. The van der Waals surface area contributed by atoms with Crippen LogP contribution in [0.3, 0.4) is 0 Å². The van der Waals surface area contributed by atoms with Crippen LogP contribution in [0, 0.1) is 0 Å². The van der Waals surface area contributed by atoms with Crippen molar-refractivity contribution in [1.29, 1.82) is 0 Å². The maximum atomic E-state index is 12.1. The van der Waals surface area contributed by atoms with E-state index in [4.69, 9.17) is 0 Å². The molecule has 0 bridgehead atoms. The van der Waals surface area contributed by atoms with Gasteiger partial charge in [0.1, 0.15) is 0 Å². The number of aliphatic imine (C=N–C) groups is 1. The van der Waals surface area contributed by atoms with E-state index in [1.165, 1.54) is 0 Å². The van der Waals surface area contributed by atoms with Crippen molar-refractivity contribution in [2.75, 3.05) is 45.5 Å². The van der Waals surface area contributed by atoms with Crippen LogP contribution >= 0.6 is 0 Å². The molecule has 0 radical (unpaired) electrons. The smallest absolute Gasteiger partial charge is 0.233 e. The quantitative estimate of drug-likeness (QED) is 0.441. The third kappa shape index (κ3) is 8.67. The zero-order valence-corrected chi connectivity index (χ0v) is 17.2. The van der Waals surface area contributed by atoms with E-state index in [1.807, 2.05) is 27.7 Å². The Bertz CT molecular complexity index is 468. The molecule has 1 aliphatic rings. The van der Waals surface area contributed by atoms with Crippen LogP contribution in [0.5, 0.6) is 0 Å². The van der Waals surface area contributed by atoms with Gasteiger partial charge in [-0.15, -0.1) is 0 Å². The number of nitrogens with one attached hydrogen (secondary N) is 3. The minimum atomic E-state index is -0.883. The summed E-state index contributed by atoms with van der Waals surface area (Å²) in [5.41, 5.74) is 0. The first-order chi connectivity index (χ1) is 11.8. The van der Waals surface area contributed by atoms with Gasteiger partial charge in [-0.25, -0.2) is 0 Å². The average Bonchev–Trinajstić information content (AvgIpc) is 2.55. The van der Waals surface area contributed by atoms with Crippen molar-refractivity contribution in [3.63, 3.8) is 0 Å². The fourth-order valence-corrected chi connectivity index (χ4v) is 3.45. The Kier molecular flexibility index (Phi) is 9.42. The summed E-state index contributed by atoms with van der Waals surface area (Å²) in [5.74, 6) is 1.43. The molecule has 1 rings (SSSR count). The van der Waals surface area contributed by atoms with Gasteiger partial charge >= 0.3 is 0 Å². The number of carbonyl (C=O) groups is 1. The molecule has 1 unspecified atom stereocenters. The maximum Gasteiger partial charge on any atom is 0.233 e. The fraction of sp³-hybridized carbons (Fsp3) is 0.882. The lowest BCUT2D eigenvalue weighted by molar-refractivity contribution is -0.122. The van der Waals surface area contributed by atoms with Crippen LogP contribution in [0.4, 0.5) is 0 Å². The van der Waals surface area contributed by atoms with E-state index in [1.54, 1.807) is 7.05 Å². The number of carbonyl (C=O) groups excluding carboxylic acids is 1. The van der Waals surface area contributed by atoms with E-state index < -0.39 is 10.8 Å². The molecule has 8 heteroatoms. The molecule has 0 aromatic heterocycles. The second-order valence-corrected chi connectivity index (χ2v) is 9.61. The molecule has 0 spiro atoms. The Labute approximate surface area is 154 Å². The average molecular weight is 374 g/mol. The molecular formula is C17H35N5O2S. The van der Waals surface area contributed by atoms with Gasteiger partial charge in [0.25, 0.3) is 0 Å². The monoisotopic (exact) mass is 373 g/mol. The van der Waals surface area contributed by atoms with Crippen LogP contribution in [-0.4, -0.2) is 77.3 Å². The van der Waals surface area contributed by atoms with Crippen LogP contribution in [0.2, 0.25) is 0 Å². The highest BCUT2D eigenvalue weighted by molar-refractivity contribution is 7.86. The van der Waals surface area contributed by atoms with E-state index in [2.05, 4.69) is 25.8 Å². The van der Waals surface area contributed by atoms with Crippen molar-refractivity contribution in [3.8, 4) is 0 Å². The molecule has 1 atom stereocenters. The van der Waals surface area contributed by atoms with Crippen LogP contribution in [0.15, 0.2) is 4.99 Å². The lowest BCUT2D eigenvalue weighted by Crippen LogP contribution is -2.50. The highest BCUT2D eigenvalue weighted by atomic mass is 32.2. The number of guanidine groups is 1. The van der Waals surface area contributed by atoms with Gasteiger partial charge in [0.2, 0.25) is 5.91 Å². The van der Waals surface area contributed by atoms with Crippen LogP contribution in [0.25, 0.3) is 0 Å². The lowest BCUT2D eigenvalue weighted by atomic mass is 10.1. The topological polar surface area (TPSA) is 85.8 Å². The summed E-state index contributed by atoms with van der Waals surface area (Å²) in [7, 11) is 0.786. The lowest BCUT2D eigenvalue weighted by Gasteiger charge is -2.32. The minimum absolute atomic E-state index is 0.0631. The van der Waals surface area contributed by atoms with E-state index in [0.717, 1.165) is 38.4 Å². The number of piperidine rings is 1. The normalized spacial score (nSPS) is 18.7. The van der Waals surface area contributed by atoms with Gasteiger partial charge in [-0.2, -0.15) is 0 Å². The van der Waals surface area contributed by atoms with Gasteiger partial charge in [0.05, 0.1) is 13.1 Å². The summed E-state index contributed by atoms with van der Waals surface area (Å²) in [4.78, 5) is 18.2. The number of rotatable bonds is 7. The Morgan fingerprint density at radius 3 is 2.44 bits per heavy atom. The number of likely N-dealkylation sites (N-methyl/N-ethyl adjacent to an activating group) is 1. The summed E-state index contributed by atoms with van der Waals surface area (Å²) in [6.45, 7) is 11.6. The molecule has 0 aliphatic carbocycles. The van der Waals surface area contributed by atoms with E-state index in [-0.39, 0.29) is 10.7 Å². The number of amides is 1. The Morgan fingerprint density at radius 1 is 1.28 bits per heavy atom. The van der Waals surface area contributed by atoms with Crippen molar-refractivity contribution in [2.45, 2.75) is 51.3 Å². The van der Waals surface area contributed by atoms with Gasteiger partial charge in [-0.3, -0.25) is 18.9 Å². The largest absolute Gasteiger partial charge is 0.358 e. The Morgan fingerprint density at radius 2 is 1.92 bits per heavy atom. The zero-order chi connectivity index (χ0) is 18.9. The predicted octanol–water partition coefficient (Wildman–Crippen LogP) is 0.299. The SMILES string of the molecule is CCNC(=NCCS(=O)C(C)(C)C)NC1CCN(CC(=O)NC)CC1. The second kappa shape index (κ2) is 10.8. The number of hydrogen-bond acceptors (Lipinski definition) is 4. The minimum Gasteiger partial charge on any atom is -0.358 e. The molecule has 1 amide bonds. The van der Waals surface area contributed by atoms with Crippen molar-refractivity contribution >= 4 is 22.7 Å². The van der Waals surface area contributed by atoms with Crippen molar-refractivity contribution in [2.24, 2.45) is 4.99 Å². The molecule has 1 fully saturated rings. The van der Waals surface area contributed by atoms with Crippen molar-refractivity contribution in [3.05, 3.63) is 0 Å². The molecule has 0 aromatic rings. The first-order valence-electron chi connectivity index (χ1n) is 9.12. The summed E-state index contributed by atoms with van der Waals surface area (Å²) < 4.78 is 11.9. The molecule has 146 valence electrons. The van der Waals surface area contributed by atoms with Crippen molar-refractivity contribution in [1.82, 2.24) is 20.9 Å².